The molecular formula is C23H19Br2N3O2S. The number of furan rings is 1. The number of hydrogen-bond acceptors (Lipinski definition) is 6. The molecule has 5 rings (SSSR count). The maximum atomic E-state index is 5.73. The average Bonchev–Trinajstić information content (AvgIpc) is 3.54. The molecule has 0 bridgehead atoms. The second-order valence-corrected chi connectivity index (χ2v) is 8.63. The summed E-state index contributed by atoms with van der Waals surface area (Å²) in [5, 5.41) is 9.82. The zero-order chi connectivity index (χ0) is 20.5. The molecule has 158 valence electrons. The Balaban J connectivity index is 0.00000231. The molecule has 1 atom stereocenters. The van der Waals surface area contributed by atoms with Crippen LogP contribution in [0.2, 0.25) is 0 Å². The minimum absolute atomic E-state index is 0. The van der Waals surface area contributed by atoms with Crippen molar-refractivity contribution < 1.29 is 9.15 Å². The van der Waals surface area contributed by atoms with Gasteiger partial charge in [0.05, 0.1) is 24.8 Å². The van der Waals surface area contributed by atoms with Gasteiger partial charge < -0.3 is 9.15 Å². The molecule has 0 aliphatic carbocycles. The highest BCUT2D eigenvalue weighted by atomic mass is 79.9. The highest BCUT2D eigenvalue weighted by Gasteiger charge is 2.33. The molecule has 0 radical (unpaired) electrons. The lowest BCUT2D eigenvalue weighted by atomic mass is 10.0. The van der Waals surface area contributed by atoms with Crippen molar-refractivity contribution in [1.29, 1.82) is 0 Å². The summed E-state index contributed by atoms with van der Waals surface area (Å²) in [5.41, 5.74) is 4.08. The third kappa shape index (κ3) is 4.46. The van der Waals surface area contributed by atoms with Gasteiger partial charge in [0, 0.05) is 21.8 Å². The molecule has 0 N–H and O–H groups in total. The van der Waals surface area contributed by atoms with Crippen LogP contribution in [0.5, 0.6) is 5.75 Å². The Hall–Kier alpha value is -2.42. The number of rotatable bonds is 5. The molecule has 0 saturated carbocycles. The molecule has 3 heterocycles. The van der Waals surface area contributed by atoms with Crippen LogP contribution in [0.4, 0.5) is 5.13 Å². The van der Waals surface area contributed by atoms with Crippen molar-refractivity contribution in [2.24, 2.45) is 5.10 Å². The maximum absolute atomic E-state index is 5.73. The van der Waals surface area contributed by atoms with Crippen LogP contribution in [0, 0.1) is 0 Å². The number of thiazole rings is 1. The molecule has 0 fully saturated rings. The zero-order valence-electron chi connectivity index (χ0n) is 16.6. The fourth-order valence-corrected chi connectivity index (χ4v) is 4.57. The predicted molar refractivity (Wildman–Crippen MR) is 134 cm³/mol. The highest BCUT2D eigenvalue weighted by molar-refractivity contribution is 9.10. The predicted octanol–water partition coefficient (Wildman–Crippen LogP) is 7.11. The van der Waals surface area contributed by atoms with Crippen LogP contribution in [0.1, 0.15) is 23.8 Å². The van der Waals surface area contributed by atoms with Gasteiger partial charge in [-0.05, 0) is 54.1 Å². The summed E-state index contributed by atoms with van der Waals surface area (Å²) in [4.78, 5) is 4.87. The van der Waals surface area contributed by atoms with Gasteiger partial charge in [-0.15, -0.1) is 28.3 Å². The van der Waals surface area contributed by atoms with Gasteiger partial charge in [0.1, 0.15) is 17.6 Å². The summed E-state index contributed by atoms with van der Waals surface area (Å²) in [6.07, 6.45) is 2.45. The van der Waals surface area contributed by atoms with Crippen molar-refractivity contribution in [3.8, 4) is 17.0 Å². The van der Waals surface area contributed by atoms with Crippen molar-refractivity contribution in [2.75, 3.05) is 12.1 Å². The Morgan fingerprint density at radius 1 is 1.06 bits per heavy atom. The first-order valence-corrected chi connectivity index (χ1v) is 11.1. The molecule has 8 heteroatoms. The minimum Gasteiger partial charge on any atom is -0.497 e. The Morgan fingerprint density at radius 3 is 2.48 bits per heavy atom. The van der Waals surface area contributed by atoms with E-state index in [9.17, 15) is 0 Å². The fourth-order valence-electron chi connectivity index (χ4n) is 3.47. The lowest BCUT2D eigenvalue weighted by Crippen LogP contribution is -2.17. The number of benzene rings is 2. The van der Waals surface area contributed by atoms with Crippen LogP contribution in [-0.4, -0.2) is 17.8 Å². The van der Waals surface area contributed by atoms with E-state index in [-0.39, 0.29) is 23.0 Å². The molecule has 0 spiro atoms. The normalized spacial score (nSPS) is 15.5. The van der Waals surface area contributed by atoms with Gasteiger partial charge in [0.15, 0.2) is 0 Å². The van der Waals surface area contributed by atoms with Crippen LogP contribution in [0.25, 0.3) is 11.3 Å². The lowest BCUT2D eigenvalue weighted by Gasteiger charge is -2.18. The first-order valence-electron chi connectivity index (χ1n) is 9.47. The molecule has 2 aromatic heterocycles. The molecule has 0 saturated heterocycles. The lowest BCUT2D eigenvalue weighted by molar-refractivity contribution is 0.415. The molecule has 1 aliphatic heterocycles. The maximum Gasteiger partial charge on any atom is 0.207 e. The fraction of sp³-hybridized carbons (Fsp3) is 0.130. The van der Waals surface area contributed by atoms with Gasteiger partial charge in [0.2, 0.25) is 5.13 Å². The van der Waals surface area contributed by atoms with E-state index < -0.39 is 0 Å². The average molecular weight is 561 g/mol. The Kier molecular flexibility index (Phi) is 6.60. The summed E-state index contributed by atoms with van der Waals surface area (Å²) in [6, 6.07) is 20.0. The molecule has 1 unspecified atom stereocenters. The van der Waals surface area contributed by atoms with E-state index in [0.29, 0.717) is 0 Å². The number of hydrogen-bond donors (Lipinski definition) is 0. The summed E-state index contributed by atoms with van der Waals surface area (Å²) < 4.78 is 12.1. The molecule has 31 heavy (non-hydrogen) atoms. The SMILES string of the molecule is Br.COc1ccc(C2=NN(c3nc(-c4ccc(Br)cc4)cs3)C(c3ccco3)C2)cc1. The van der Waals surface area contributed by atoms with Crippen molar-refractivity contribution in [3.63, 3.8) is 0 Å². The number of ether oxygens (including phenoxy) is 1. The Morgan fingerprint density at radius 2 is 1.81 bits per heavy atom. The highest BCUT2D eigenvalue weighted by Crippen LogP contribution is 2.39. The largest absolute Gasteiger partial charge is 0.497 e. The van der Waals surface area contributed by atoms with Gasteiger partial charge in [-0.3, -0.25) is 0 Å². The zero-order valence-corrected chi connectivity index (χ0v) is 20.7. The summed E-state index contributed by atoms with van der Waals surface area (Å²) in [5.74, 6) is 1.71. The van der Waals surface area contributed by atoms with E-state index in [4.69, 9.17) is 19.2 Å². The van der Waals surface area contributed by atoms with Crippen LogP contribution >= 0.6 is 44.2 Å². The summed E-state index contributed by atoms with van der Waals surface area (Å²) >= 11 is 5.07. The standard InChI is InChI=1S/C23H18BrN3O2S.BrH/c1-28-18-10-6-15(7-11-18)19-13-21(22-3-2-12-29-22)27(26-19)23-25-20(14-30-23)16-4-8-17(24)9-5-16;/h2-12,14,21H,13H2,1H3;1H. The van der Waals surface area contributed by atoms with E-state index >= 15 is 0 Å². The quantitative estimate of drug-likeness (QED) is 0.261. The van der Waals surface area contributed by atoms with E-state index in [1.54, 1.807) is 24.7 Å². The number of halogens is 2. The van der Waals surface area contributed by atoms with Crippen LogP contribution < -0.4 is 9.75 Å². The molecule has 2 aromatic carbocycles. The van der Waals surface area contributed by atoms with Crippen molar-refractivity contribution >= 4 is 55.1 Å². The van der Waals surface area contributed by atoms with Crippen LogP contribution in [-0.2, 0) is 0 Å². The van der Waals surface area contributed by atoms with Gasteiger partial charge in [-0.1, -0.05) is 28.1 Å². The molecule has 0 amide bonds. The van der Waals surface area contributed by atoms with Gasteiger partial charge in [-0.25, -0.2) is 9.99 Å². The molecular weight excluding hydrogens is 542 g/mol. The first kappa shape index (κ1) is 21.8. The molecule has 5 nitrogen and oxygen atoms in total. The monoisotopic (exact) mass is 559 g/mol. The Labute approximate surface area is 203 Å². The Bertz CT molecular complexity index is 1170. The minimum atomic E-state index is -0.0268. The summed E-state index contributed by atoms with van der Waals surface area (Å²) in [6.45, 7) is 0. The molecule has 4 aromatic rings. The molecule has 1 aliphatic rings. The first-order chi connectivity index (χ1) is 14.7. The van der Waals surface area contributed by atoms with Crippen molar-refractivity contribution in [2.45, 2.75) is 12.5 Å². The van der Waals surface area contributed by atoms with Gasteiger partial charge in [-0.2, -0.15) is 5.10 Å². The van der Waals surface area contributed by atoms with Crippen LogP contribution in [0.15, 0.2) is 86.3 Å². The number of methoxy groups -OCH3 is 1. The van der Waals surface area contributed by atoms with E-state index in [1.807, 2.05) is 53.5 Å². The van der Waals surface area contributed by atoms with E-state index in [2.05, 4.69) is 33.4 Å². The number of aromatic nitrogens is 1. The third-order valence-electron chi connectivity index (χ3n) is 5.03. The van der Waals surface area contributed by atoms with Crippen molar-refractivity contribution in [1.82, 2.24) is 4.98 Å². The summed E-state index contributed by atoms with van der Waals surface area (Å²) in [7, 11) is 1.67. The second kappa shape index (κ2) is 9.38. The van der Waals surface area contributed by atoms with Gasteiger partial charge in [0.25, 0.3) is 0 Å². The van der Waals surface area contributed by atoms with E-state index in [0.717, 1.165) is 50.1 Å². The number of nitrogens with zero attached hydrogens (tertiary/aromatic N) is 3. The van der Waals surface area contributed by atoms with Crippen LogP contribution in [0.3, 0.4) is 0 Å². The third-order valence-corrected chi connectivity index (χ3v) is 6.39. The van der Waals surface area contributed by atoms with E-state index in [1.165, 1.54) is 0 Å². The number of anilines is 1. The number of hydrazone groups is 1. The second-order valence-electron chi connectivity index (χ2n) is 6.88. The van der Waals surface area contributed by atoms with Crippen molar-refractivity contribution in [3.05, 3.63) is 88.1 Å². The van der Waals surface area contributed by atoms with Gasteiger partial charge >= 0.3 is 0 Å². The smallest absolute Gasteiger partial charge is 0.207 e. The topological polar surface area (TPSA) is 50.9 Å².